The molecular formula is C13H16ClNO. The first-order chi connectivity index (χ1) is 7.37. The van der Waals surface area contributed by atoms with Gasteiger partial charge in [-0.3, -0.25) is 0 Å². The summed E-state index contributed by atoms with van der Waals surface area (Å²) in [4.78, 5) is 0. The molecule has 0 aliphatic heterocycles. The zero-order valence-corrected chi connectivity index (χ0v) is 10.5. The molecular weight excluding hydrogens is 222 g/mol. The summed E-state index contributed by atoms with van der Waals surface area (Å²) in [6.45, 7) is 3.63. The lowest BCUT2D eigenvalue weighted by atomic mass is 10.0. The Labute approximate surface area is 100 Å². The lowest BCUT2D eigenvalue weighted by molar-refractivity contribution is 0.0793. The van der Waals surface area contributed by atoms with E-state index >= 15 is 0 Å². The highest BCUT2D eigenvalue weighted by molar-refractivity contribution is 6.31. The molecule has 1 N–H and O–H groups in total. The second kappa shape index (κ2) is 3.79. The summed E-state index contributed by atoms with van der Waals surface area (Å²) in [6, 6.07) is 7.94. The Morgan fingerprint density at radius 1 is 1.31 bits per heavy atom. The maximum Gasteiger partial charge on any atom is 0.0646 e. The molecule has 0 atom stereocenters. The summed E-state index contributed by atoms with van der Waals surface area (Å²) >= 11 is 5.97. The Morgan fingerprint density at radius 3 is 2.62 bits per heavy atom. The first-order valence-corrected chi connectivity index (χ1v) is 5.71. The normalized spacial score (nSPS) is 12.3. The predicted octanol–water partition coefficient (Wildman–Crippen LogP) is 3.15. The minimum absolute atomic E-state index is 0.635. The molecule has 2 rings (SSSR count). The van der Waals surface area contributed by atoms with Crippen LogP contribution in [-0.4, -0.2) is 15.3 Å². The van der Waals surface area contributed by atoms with E-state index in [0.717, 1.165) is 21.6 Å². The highest BCUT2D eigenvalue weighted by Crippen LogP contribution is 2.24. The van der Waals surface area contributed by atoms with Gasteiger partial charge in [-0.2, -0.15) is 0 Å². The van der Waals surface area contributed by atoms with Crippen LogP contribution in [0.4, 0.5) is 0 Å². The van der Waals surface area contributed by atoms with Crippen LogP contribution in [0.1, 0.15) is 19.5 Å². The molecule has 0 unspecified atom stereocenters. The molecule has 1 aromatic heterocycles. The minimum atomic E-state index is -0.689. The number of hydrogen-bond donors (Lipinski definition) is 1. The van der Waals surface area contributed by atoms with E-state index in [9.17, 15) is 5.11 Å². The number of hydrogen-bond acceptors (Lipinski definition) is 1. The van der Waals surface area contributed by atoms with E-state index < -0.39 is 5.60 Å². The summed E-state index contributed by atoms with van der Waals surface area (Å²) in [6.07, 6.45) is 0.635. The van der Waals surface area contributed by atoms with Crippen LogP contribution in [0.2, 0.25) is 5.02 Å². The smallest absolute Gasteiger partial charge is 0.0646 e. The van der Waals surface area contributed by atoms with E-state index in [2.05, 4.69) is 10.6 Å². The topological polar surface area (TPSA) is 25.2 Å². The summed E-state index contributed by atoms with van der Waals surface area (Å²) in [5.74, 6) is 0. The van der Waals surface area contributed by atoms with Crippen molar-refractivity contribution in [3.05, 3.63) is 35.0 Å². The van der Waals surface area contributed by atoms with Crippen LogP contribution in [0, 0.1) is 0 Å². The van der Waals surface area contributed by atoms with Gasteiger partial charge in [0.2, 0.25) is 0 Å². The molecule has 1 aromatic carbocycles. The molecule has 0 fully saturated rings. The highest BCUT2D eigenvalue weighted by Gasteiger charge is 2.16. The van der Waals surface area contributed by atoms with Crippen molar-refractivity contribution >= 4 is 22.5 Å². The van der Waals surface area contributed by atoms with E-state index in [0.29, 0.717) is 6.42 Å². The SMILES string of the molecule is Cn1c(CC(C)(C)O)cc2ccc(Cl)cc21. The molecule has 0 aliphatic carbocycles. The van der Waals surface area contributed by atoms with Gasteiger partial charge < -0.3 is 9.67 Å². The van der Waals surface area contributed by atoms with Gasteiger partial charge in [-0.1, -0.05) is 17.7 Å². The maximum absolute atomic E-state index is 9.84. The van der Waals surface area contributed by atoms with Crippen molar-refractivity contribution in [3.8, 4) is 0 Å². The van der Waals surface area contributed by atoms with E-state index in [-0.39, 0.29) is 0 Å². The lowest BCUT2D eigenvalue weighted by Crippen LogP contribution is -2.23. The van der Waals surface area contributed by atoms with Crippen LogP contribution in [0.5, 0.6) is 0 Å². The zero-order valence-electron chi connectivity index (χ0n) is 9.79. The number of benzene rings is 1. The Kier molecular flexibility index (Phi) is 2.72. The third-order valence-electron chi connectivity index (χ3n) is 2.72. The molecule has 0 amide bonds. The van der Waals surface area contributed by atoms with Gasteiger partial charge in [-0.25, -0.2) is 0 Å². The third-order valence-corrected chi connectivity index (χ3v) is 2.96. The van der Waals surface area contributed by atoms with Gasteiger partial charge in [0.25, 0.3) is 0 Å². The molecule has 0 spiro atoms. The maximum atomic E-state index is 9.84. The van der Waals surface area contributed by atoms with Crippen molar-refractivity contribution < 1.29 is 5.11 Å². The Bertz CT molecular complexity index is 522. The Hall–Kier alpha value is -0.990. The van der Waals surface area contributed by atoms with Crippen molar-refractivity contribution in [2.45, 2.75) is 25.9 Å². The number of aliphatic hydroxyl groups is 1. The minimum Gasteiger partial charge on any atom is -0.390 e. The highest BCUT2D eigenvalue weighted by atomic mass is 35.5. The molecule has 3 heteroatoms. The van der Waals surface area contributed by atoms with Crippen LogP contribution in [0.3, 0.4) is 0 Å². The van der Waals surface area contributed by atoms with E-state index in [1.807, 2.05) is 39.1 Å². The zero-order chi connectivity index (χ0) is 11.9. The number of nitrogens with zero attached hydrogens (tertiary/aromatic N) is 1. The number of aromatic nitrogens is 1. The van der Waals surface area contributed by atoms with Gasteiger partial charge in [0.05, 0.1) is 5.60 Å². The Morgan fingerprint density at radius 2 is 2.00 bits per heavy atom. The van der Waals surface area contributed by atoms with Gasteiger partial charge in [0.15, 0.2) is 0 Å². The van der Waals surface area contributed by atoms with Gasteiger partial charge in [-0.05, 0) is 37.4 Å². The molecule has 1 heterocycles. The summed E-state index contributed by atoms with van der Waals surface area (Å²) in [5.41, 5.74) is 1.53. The van der Waals surface area contributed by atoms with Crippen LogP contribution < -0.4 is 0 Å². The van der Waals surface area contributed by atoms with Gasteiger partial charge in [0.1, 0.15) is 0 Å². The average Bonchev–Trinajstić information content (AvgIpc) is 2.42. The molecule has 86 valence electrons. The molecule has 2 aromatic rings. The van der Waals surface area contributed by atoms with Crippen LogP contribution >= 0.6 is 11.6 Å². The second-order valence-electron chi connectivity index (χ2n) is 4.89. The molecule has 0 bridgehead atoms. The quantitative estimate of drug-likeness (QED) is 0.853. The standard InChI is InChI=1S/C13H16ClNO/c1-13(2,16)8-11-6-9-4-5-10(14)7-12(9)15(11)3/h4-7,16H,8H2,1-3H3. The molecule has 0 aliphatic rings. The van der Waals surface area contributed by atoms with Crippen molar-refractivity contribution in [1.29, 1.82) is 0 Å². The van der Waals surface area contributed by atoms with Crippen LogP contribution in [0.15, 0.2) is 24.3 Å². The largest absolute Gasteiger partial charge is 0.390 e. The van der Waals surface area contributed by atoms with E-state index in [4.69, 9.17) is 11.6 Å². The fraction of sp³-hybridized carbons (Fsp3) is 0.385. The first-order valence-electron chi connectivity index (χ1n) is 5.33. The van der Waals surface area contributed by atoms with Gasteiger partial charge in [-0.15, -0.1) is 0 Å². The molecule has 16 heavy (non-hydrogen) atoms. The van der Waals surface area contributed by atoms with Crippen LogP contribution in [-0.2, 0) is 13.5 Å². The van der Waals surface area contributed by atoms with Crippen molar-refractivity contribution in [3.63, 3.8) is 0 Å². The van der Waals surface area contributed by atoms with Crippen molar-refractivity contribution in [2.75, 3.05) is 0 Å². The average molecular weight is 238 g/mol. The molecule has 0 saturated heterocycles. The monoisotopic (exact) mass is 237 g/mol. The fourth-order valence-electron chi connectivity index (χ4n) is 1.97. The Balaban J connectivity index is 2.52. The van der Waals surface area contributed by atoms with Gasteiger partial charge >= 0.3 is 0 Å². The first kappa shape index (κ1) is 11.5. The predicted molar refractivity (Wildman–Crippen MR) is 67.9 cm³/mol. The van der Waals surface area contributed by atoms with Gasteiger partial charge in [0, 0.05) is 29.7 Å². The number of rotatable bonds is 2. The number of aryl methyl sites for hydroxylation is 1. The van der Waals surface area contributed by atoms with E-state index in [1.54, 1.807) is 0 Å². The molecule has 0 saturated carbocycles. The summed E-state index contributed by atoms with van der Waals surface area (Å²) in [7, 11) is 2.00. The fourth-order valence-corrected chi connectivity index (χ4v) is 2.14. The van der Waals surface area contributed by atoms with Crippen LogP contribution in [0.25, 0.3) is 10.9 Å². The summed E-state index contributed by atoms with van der Waals surface area (Å²) in [5, 5.41) is 11.7. The third kappa shape index (κ3) is 2.23. The number of halogens is 1. The number of fused-ring (bicyclic) bond motifs is 1. The summed E-state index contributed by atoms with van der Waals surface area (Å²) < 4.78 is 2.08. The lowest BCUT2D eigenvalue weighted by Gasteiger charge is -2.17. The van der Waals surface area contributed by atoms with E-state index in [1.165, 1.54) is 0 Å². The molecule has 2 nitrogen and oxygen atoms in total. The van der Waals surface area contributed by atoms with Crippen molar-refractivity contribution in [2.24, 2.45) is 7.05 Å². The molecule has 0 radical (unpaired) electrons. The van der Waals surface area contributed by atoms with Crippen molar-refractivity contribution in [1.82, 2.24) is 4.57 Å². The second-order valence-corrected chi connectivity index (χ2v) is 5.32.